The van der Waals surface area contributed by atoms with Crippen LogP contribution in [0.2, 0.25) is 0 Å². The lowest BCUT2D eigenvalue weighted by Gasteiger charge is -2.13. The Bertz CT molecular complexity index is 341. The third-order valence-electron chi connectivity index (χ3n) is 1.90. The van der Waals surface area contributed by atoms with Gasteiger partial charge in [0.05, 0.1) is 19.8 Å². The molecule has 0 aliphatic rings. The average molecular weight is 201 g/mol. The van der Waals surface area contributed by atoms with Crippen LogP contribution in [0.4, 0.5) is 4.39 Å². The Morgan fingerprint density at radius 1 is 1.43 bits per heavy atom. The monoisotopic (exact) mass is 201 g/mol. The Morgan fingerprint density at radius 3 is 2.50 bits per heavy atom. The van der Waals surface area contributed by atoms with Crippen LogP contribution in [0.1, 0.15) is 5.56 Å². The van der Waals surface area contributed by atoms with Crippen LogP contribution in [0, 0.1) is 5.82 Å². The number of rotatable bonds is 3. The van der Waals surface area contributed by atoms with E-state index >= 15 is 0 Å². The number of halogens is 1. The van der Waals surface area contributed by atoms with Gasteiger partial charge in [-0.05, 0) is 0 Å². The highest BCUT2D eigenvalue weighted by molar-refractivity contribution is 5.54. The van der Waals surface area contributed by atoms with E-state index in [1.165, 1.54) is 14.2 Å². The molecule has 0 saturated heterocycles. The van der Waals surface area contributed by atoms with Gasteiger partial charge in [0.2, 0.25) is 0 Å². The van der Waals surface area contributed by atoms with E-state index in [9.17, 15) is 9.50 Å². The number of phenols is 1. The van der Waals surface area contributed by atoms with Crippen molar-refractivity contribution in [2.24, 2.45) is 5.73 Å². The van der Waals surface area contributed by atoms with Crippen molar-refractivity contribution in [2.75, 3.05) is 14.2 Å². The van der Waals surface area contributed by atoms with Gasteiger partial charge in [0, 0.05) is 12.6 Å². The average Bonchev–Trinajstić information content (AvgIpc) is 2.20. The highest BCUT2D eigenvalue weighted by Gasteiger charge is 2.17. The van der Waals surface area contributed by atoms with Crippen LogP contribution >= 0.6 is 0 Å². The van der Waals surface area contributed by atoms with Crippen molar-refractivity contribution in [1.82, 2.24) is 0 Å². The normalized spacial score (nSPS) is 10.0. The van der Waals surface area contributed by atoms with Crippen molar-refractivity contribution < 1.29 is 19.0 Å². The molecule has 0 amide bonds. The summed E-state index contributed by atoms with van der Waals surface area (Å²) in [6.45, 7) is -0.0247. The molecule has 0 bridgehead atoms. The maximum absolute atomic E-state index is 13.1. The predicted molar refractivity (Wildman–Crippen MR) is 49.1 cm³/mol. The number of nitrogens with two attached hydrogens (primary N) is 1. The lowest BCUT2D eigenvalue weighted by molar-refractivity contribution is 0.339. The van der Waals surface area contributed by atoms with E-state index < -0.39 is 11.6 Å². The maximum Gasteiger partial charge on any atom is 0.169 e. The molecule has 0 aromatic heterocycles. The molecule has 0 heterocycles. The Balaban J connectivity index is 3.42. The summed E-state index contributed by atoms with van der Waals surface area (Å²) in [5, 5.41) is 9.34. The van der Waals surface area contributed by atoms with E-state index in [0.717, 1.165) is 6.07 Å². The van der Waals surface area contributed by atoms with Crippen LogP contribution in [0.5, 0.6) is 17.2 Å². The number of phenolic OH excluding ortho intramolecular Hbond substituents is 1. The topological polar surface area (TPSA) is 64.7 Å². The van der Waals surface area contributed by atoms with Crippen molar-refractivity contribution in [3.63, 3.8) is 0 Å². The van der Waals surface area contributed by atoms with Gasteiger partial charge in [-0.1, -0.05) is 0 Å². The molecule has 4 nitrogen and oxygen atoms in total. The Labute approximate surface area is 81.1 Å². The Morgan fingerprint density at radius 2 is 2.07 bits per heavy atom. The van der Waals surface area contributed by atoms with E-state index in [4.69, 9.17) is 15.2 Å². The molecule has 1 aromatic carbocycles. The first-order chi connectivity index (χ1) is 6.65. The zero-order valence-corrected chi connectivity index (χ0v) is 8.00. The molecular formula is C9H12FNO3. The van der Waals surface area contributed by atoms with E-state index in [2.05, 4.69) is 0 Å². The maximum atomic E-state index is 13.1. The fourth-order valence-electron chi connectivity index (χ4n) is 1.21. The molecule has 78 valence electrons. The molecule has 0 radical (unpaired) electrons. The second kappa shape index (κ2) is 4.15. The van der Waals surface area contributed by atoms with Crippen LogP contribution in [0.15, 0.2) is 6.07 Å². The van der Waals surface area contributed by atoms with Gasteiger partial charge in [-0.2, -0.15) is 0 Å². The van der Waals surface area contributed by atoms with E-state index in [1.807, 2.05) is 0 Å². The molecule has 14 heavy (non-hydrogen) atoms. The summed E-state index contributed by atoms with van der Waals surface area (Å²) >= 11 is 0. The second-order valence-corrected chi connectivity index (χ2v) is 2.63. The molecule has 1 rings (SSSR count). The number of aromatic hydroxyl groups is 1. The summed E-state index contributed by atoms with van der Waals surface area (Å²) in [5.41, 5.74) is 5.56. The predicted octanol–water partition coefficient (Wildman–Crippen LogP) is 1.01. The van der Waals surface area contributed by atoms with Crippen molar-refractivity contribution in [1.29, 1.82) is 0 Å². The Kier molecular flexibility index (Phi) is 3.14. The SMILES string of the molecule is COc1cc(F)c(O)c(CN)c1OC. The van der Waals surface area contributed by atoms with Gasteiger partial charge < -0.3 is 20.3 Å². The number of hydrogen-bond donors (Lipinski definition) is 2. The fourth-order valence-corrected chi connectivity index (χ4v) is 1.21. The van der Waals surface area contributed by atoms with Gasteiger partial charge >= 0.3 is 0 Å². The minimum absolute atomic E-state index is 0.0247. The van der Waals surface area contributed by atoms with Gasteiger partial charge in [0.25, 0.3) is 0 Å². The quantitative estimate of drug-likeness (QED) is 0.765. The highest BCUT2D eigenvalue weighted by Crippen LogP contribution is 2.38. The van der Waals surface area contributed by atoms with E-state index in [-0.39, 0.29) is 23.6 Å². The number of benzene rings is 1. The molecule has 5 heteroatoms. The molecule has 1 aromatic rings. The summed E-state index contributed by atoms with van der Waals surface area (Å²) in [6.07, 6.45) is 0. The minimum Gasteiger partial charge on any atom is -0.504 e. The number of ether oxygens (including phenoxy) is 2. The van der Waals surface area contributed by atoms with Crippen LogP contribution in [-0.4, -0.2) is 19.3 Å². The Hall–Kier alpha value is -1.49. The largest absolute Gasteiger partial charge is 0.504 e. The van der Waals surface area contributed by atoms with Crippen LogP contribution < -0.4 is 15.2 Å². The summed E-state index contributed by atoms with van der Waals surface area (Å²) in [4.78, 5) is 0. The summed E-state index contributed by atoms with van der Waals surface area (Å²) in [5.74, 6) is -0.801. The minimum atomic E-state index is -0.775. The summed E-state index contributed by atoms with van der Waals surface area (Å²) < 4.78 is 22.9. The van der Waals surface area contributed by atoms with Gasteiger partial charge in [0.15, 0.2) is 23.1 Å². The van der Waals surface area contributed by atoms with Gasteiger partial charge in [-0.15, -0.1) is 0 Å². The lowest BCUT2D eigenvalue weighted by Crippen LogP contribution is -2.03. The summed E-state index contributed by atoms with van der Waals surface area (Å²) in [6, 6.07) is 1.05. The first-order valence-corrected chi connectivity index (χ1v) is 3.98. The highest BCUT2D eigenvalue weighted by atomic mass is 19.1. The van der Waals surface area contributed by atoms with Crippen LogP contribution in [-0.2, 0) is 6.54 Å². The first kappa shape index (κ1) is 10.6. The third-order valence-corrected chi connectivity index (χ3v) is 1.90. The fraction of sp³-hybridized carbons (Fsp3) is 0.333. The standard InChI is InChI=1S/C9H12FNO3/c1-13-7-3-6(10)8(12)5(4-11)9(7)14-2/h3,12H,4,11H2,1-2H3. The molecule has 0 spiro atoms. The van der Waals surface area contributed by atoms with Crippen molar-refractivity contribution in [3.8, 4) is 17.2 Å². The zero-order valence-electron chi connectivity index (χ0n) is 8.00. The molecule has 3 N–H and O–H groups in total. The molecule has 0 unspecified atom stereocenters. The number of methoxy groups -OCH3 is 2. The van der Waals surface area contributed by atoms with Gasteiger partial charge in [-0.25, -0.2) is 4.39 Å². The van der Waals surface area contributed by atoms with Gasteiger partial charge in [-0.3, -0.25) is 0 Å². The molecule has 0 fully saturated rings. The second-order valence-electron chi connectivity index (χ2n) is 2.63. The third kappa shape index (κ3) is 1.58. The van der Waals surface area contributed by atoms with E-state index in [0.29, 0.717) is 0 Å². The van der Waals surface area contributed by atoms with Crippen molar-refractivity contribution >= 4 is 0 Å². The van der Waals surface area contributed by atoms with Crippen molar-refractivity contribution in [3.05, 3.63) is 17.4 Å². The summed E-state index contributed by atoms with van der Waals surface area (Å²) in [7, 11) is 2.78. The number of hydrogen-bond acceptors (Lipinski definition) is 4. The first-order valence-electron chi connectivity index (χ1n) is 3.98. The van der Waals surface area contributed by atoms with Crippen molar-refractivity contribution in [2.45, 2.75) is 6.54 Å². The van der Waals surface area contributed by atoms with Gasteiger partial charge in [0.1, 0.15) is 0 Å². The molecule has 0 saturated carbocycles. The smallest absolute Gasteiger partial charge is 0.169 e. The van der Waals surface area contributed by atoms with E-state index in [1.54, 1.807) is 0 Å². The molecule has 0 atom stereocenters. The zero-order chi connectivity index (χ0) is 10.7. The lowest BCUT2D eigenvalue weighted by atomic mass is 10.1. The molecule has 0 aliphatic carbocycles. The van der Waals surface area contributed by atoms with Crippen LogP contribution in [0.25, 0.3) is 0 Å². The van der Waals surface area contributed by atoms with Crippen LogP contribution in [0.3, 0.4) is 0 Å². The molecular weight excluding hydrogens is 189 g/mol. The molecule has 0 aliphatic heterocycles.